The summed E-state index contributed by atoms with van der Waals surface area (Å²) in [6.45, 7) is 3.40. The van der Waals surface area contributed by atoms with E-state index in [-0.39, 0.29) is 11.1 Å². The first-order valence-electron chi connectivity index (χ1n) is 8.38. The summed E-state index contributed by atoms with van der Waals surface area (Å²) in [5.41, 5.74) is 0.00658. The molecule has 3 rings (SSSR count). The van der Waals surface area contributed by atoms with Crippen LogP contribution >= 0.6 is 0 Å². The minimum atomic E-state index is -1.08. The van der Waals surface area contributed by atoms with E-state index in [1.807, 2.05) is 0 Å². The van der Waals surface area contributed by atoms with Gasteiger partial charge in [0, 0.05) is 11.1 Å². The maximum Gasteiger partial charge on any atom is 0.337 e. The largest absolute Gasteiger partial charge is 0.485 e. The second-order valence-corrected chi connectivity index (χ2v) is 6.85. The van der Waals surface area contributed by atoms with Gasteiger partial charge in [0.25, 0.3) is 5.91 Å². The van der Waals surface area contributed by atoms with Crippen molar-refractivity contribution in [2.45, 2.75) is 31.6 Å². The molecular weight excluding hydrogens is 353 g/mol. The number of aliphatic hydroxyl groups excluding tert-OH is 1. The van der Waals surface area contributed by atoms with Crippen LogP contribution in [0.1, 0.15) is 46.2 Å². The Morgan fingerprint density at radius 2 is 1.78 bits per heavy atom. The van der Waals surface area contributed by atoms with Crippen LogP contribution in [0, 0.1) is 5.82 Å². The lowest BCUT2D eigenvalue weighted by Crippen LogP contribution is -2.53. The SMILES string of the molecule is COC(=O)c1ccc2c(c1)[C@@H](NC(=O)c1ccc(F)cc1)[C@H](O)C(C)(C)O2. The van der Waals surface area contributed by atoms with Crippen molar-refractivity contribution in [3.63, 3.8) is 0 Å². The molecule has 27 heavy (non-hydrogen) atoms. The number of fused-ring (bicyclic) bond motifs is 1. The van der Waals surface area contributed by atoms with Crippen LogP contribution in [0.4, 0.5) is 4.39 Å². The summed E-state index contributed by atoms with van der Waals surface area (Å²) in [5.74, 6) is -1.03. The summed E-state index contributed by atoms with van der Waals surface area (Å²) < 4.78 is 23.6. The molecule has 0 aromatic heterocycles. The molecule has 1 aliphatic heterocycles. The van der Waals surface area contributed by atoms with Crippen LogP contribution in [0.5, 0.6) is 5.75 Å². The predicted octanol–water partition coefficient (Wildman–Crippen LogP) is 2.62. The van der Waals surface area contributed by atoms with Crippen LogP contribution in [0.3, 0.4) is 0 Å². The Labute approximate surface area is 155 Å². The van der Waals surface area contributed by atoms with Crippen molar-refractivity contribution < 1.29 is 28.6 Å². The van der Waals surface area contributed by atoms with Crippen LogP contribution < -0.4 is 10.1 Å². The van der Waals surface area contributed by atoms with Gasteiger partial charge in [-0.1, -0.05) is 0 Å². The molecule has 0 bridgehead atoms. The van der Waals surface area contributed by atoms with Crippen LogP contribution in [0.25, 0.3) is 0 Å². The fraction of sp³-hybridized carbons (Fsp3) is 0.300. The molecule has 2 N–H and O–H groups in total. The van der Waals surface area contributed by atoms with Gasteiger partial charge in [-0.25, -0.2) is 9.18 Å². The summed E-state index contributed by atoms with van der Waals surface area (Å²) in [5, 5.41) is 13.5. The average molecular weight is 373 g/mol. The van der Waals surface area contributed by atoms with Gasteiger partial charge in [-0.3, -0.25) is 4.79 Å². The molecule has 1 aliphatic rings. The standard InChI is InChI=1S/C20H20FNO5/c1-20(2)17(23)16(22-18(24)11-4-7-13(21)8-5-11)14-10-12(19(25)26-3)6-9-15(14)27-20/h4-10,16-17,23H,1-3H3,(H,22,24)/t16-,17+/m1/s1. The van der Waals surface area contributed by atoms with E-state index in [2.05, 4.69) is 5.32 Å². The van der Waals surface area contributed by atoms with E-state index in [0.717, 1.165) is 0 Å². The van der Waals surface area contributed by atoms with Crippen LogP contribution in [-0.2, 0) is 4.74 Å². The summed E-state index contributed by atoms with van der Waals surface area (Å²) in [7, 11) is 1.27. The van der Waals surface area contributed by atoms with E-state index in [1.54, 1.807) is 26.0 Å². The first-order chi connectivity index (χ1) is 12.7. The summed E-state index contributed by atoms with van der Waals surface area (Å²) in [6.07, 6.45) is -1.08. The highest BCUT2D eigenvalue weighted by Gasteiger charge is 2.44. The highest BCUT2D eigenvalue weighted by Crippen LogP contribution is 2.40. The Balaban J connectivity index is 1.98. The minimum absolute atomic E-state index is 0.249. The molecule has 0 unspecified atom stereocenters. The number of hydrogen-bond donors (Lipinski definition) is 2. The summed E-state index contributed by atoms with van der Waals surface area (Å²) in [6, 6.07) is 8.93. The Hall–Kier alpha value is -2.93. The van der Waals surface area contributed by atoms with Crippen molar-refractivity contribution >= 4 is 11.9 Å². The van der Waals surface area contributed by atoms with Gasteiger partial charge in [0.05, 0.1) is 18.7 Å². The second kappa shape index (κ2) is 7.00. The molecule has 0 saturated carbocycles. The van der Waals surface area contributed by atoms with Crippen molar-refractivity contribution in [1.29, 1.82) is 0 Å². The number of carbonyl (C=O) groups excluding carboxylic acids is 2. The van der Waals surface area contributed by atoms with Gasteiger partial charge in [0.1, 0.15) is 23.3 Å². The first kappa shape index (κ1) is 18.8. The molecule has 6 nitrogen and oxygen atoms in total. The molecule has 0 radical (unpaired) electrons. The lowest BCUT2D eigenvalue weighted by molar-refractivity contribution is -0.0627. The number of nitrogens with one attached hydrogen (secondary N) is 1. The quantitative estimate of drug-likeness (QED) is 0.808. The van der Waals surface area contributed by atoms with E-state index in [0.29, 0.717) is 11.3 Å². The molecule has 0 saturated heterocycles. The summed E-state index contributed by atoms with van der Waals surface area (Å²) >= 11 is 0. The molecule has 2 aromatic rings. The number of benzene rings is 2. The van der Waals surface area contributed by atoms with E-state index < -0.39 is 35.4 Å². The highest BCUT2D eigenvalue weighted by molar-refractivity contribution is 5.94. The van der Waals surface area contributed by atoms with E-state index >= 15 is 0 Å². The fourth-order valence-corrected chi connectivity index (χ4v) is 3.03. The molecule has 2 atom stereocenters. The smallest absolute Gasteiger partial charge is 0.337 e. The van der Waals surface area contributed by atoms with Gasteiger partial charge in [-0.2, -0.15) is 0 Å². The second-order valence-electron chi connectivity index (χ2n) is 6.85. The number of methoxy groups -OCH3 is 1. The Morgan fingerprint density at radius 1 is 1.15 bits per heavy atom. The highest BCUT2D eigenvalue weighted by atomic mass is 19.1. The molecule has 7 heteroatoms. The number of ether oxygens (including phenoxy) is 2. The number of esters is 1. The maximum atomic E-state index is 13.1. The van der Waals surface area contributed by atoms with Gasteiger partial charge in [-0.15, -0.1) is 0 Å². The third-order valence-electron chi connectivity index (χ3n) is 4.56. The lowest BCUT2D eigenvalue weighted by Gasteiger charge is -2.42. The Kier molecular flexibility index (Phi) is 4.89. The fourth-order valence-electron chi connectivity index (χ4n) is 3.03. The Bertz CT molecular complexity index is 878. The molecular formula is C20H20FNO5. The van der Waals surface area contributed by atoms with Gasteiger partial charge < -0.3 is 19.9 Å². The molecule has 142 valence electrons. The Morgan fingerprint density at radius 3 is 2.41 bits per heavy atom. The average Bonchev–Trinajstić information content (AvgIpc) is 2.64. The number of rotatable bonds is 3. The van der Waals surface area contributed by atoms with E-state index in [9.17, 15) is 19.1 Å². The number of halogens is 1. The topological polar surface area (TPSA) is 84.9 Å². The van der Waals surface area contributed by atoms with Crippen molar-refractivity contribution in [3.05, 3.63) is 65.0 Å². The number of amides is 1. The van der Waals surface area contributed by atoms with Gasteiger partial charge >= 0.3 is 5.97 Å². The van der Waals surface area contributed by atoms with E-state index in [1.165, 1.54) is 37.4 Å². The molecule has 1 heterocycles. The van der Waals surface area contributed by atoms with Crippen LogP contribution in [0.15, 0.2) is 42.5 Å². The third kappa shape index (κ3) is 3.64. The number of aliphatic hydroxyl groups is 1. The molecule has 2 aromatic carbocycles. The van der Waals surface area contributed by atoms with Gasteiger partial charge in [-0.05, 0) is 56.3 Å². The zero-order valence-corrected chi connectivity index (χ0v) is 15.2. The predicted molar refractivity (Wildman–Crippen MR) is 95.1 cm³/mol. The van der Waals surface area contributed by atoms with E-state index in [4.69, 9.17) is 9.47 Å². The zero-order valence-electron chi connectivity index (χ0n) is 15.2. The summed E-state index contributed by atoms with van der Waals surface area (Å²) in [4.78, 5) is 24.4. The molecule has 0 fully saturated rings. The molecule has 0 aliphatic carbocycles. The van der Waals surface area contributed by atoms with Crippen LogP contribution in [-0.4, -0.2) is 35.8 Å². The lowest BCUT2D eigenvalue weighted by atomic mass is 9.85. The van der Waals surface area contributed by atoms with Crippen LogP contribution in [0.2, 0.25) is 0 Å². The van der Waals surface area contributed by atoms with Crippen molar-refractivity contribution in [3.8, 4) is 5.75 Å². The molecule has 0 spiro atoms. The van der Waals surface area contributed by atoms with Crippen molar-refractivity contribution in [1.82, 2.24) is 5.32 Å². The van der Waals surface area contributed by atoms with Gasteiger partial charge in [0.15, 0.2) is 0 Å². The monoisotopic (exact) mass is 373 g/mol. The maximum absolute atomic E-state index is 13.1. The normalized spacial score (nSPS) is 20.2. The number of carbonyl (C=O) groups is 2. The van der Waals surface area contributed by atoms with Crippen molar-refractivity contribution in [2.75, 3.05) is 7.11 Å². The third-order valence-corrected chi connectivity index (χ3v) is 4.56. The molecule has 1 amide bonds. The zero-order chi connectivity index (χ0) is 19.8. The van der Waals surface area contributed by atoms with Gasteiger partial charge in [0.2, 0.25) is 0 Å². The van der Waals surface area contributed by atoms with Crippen molar-refractivity contribution in [2.24, 2.45) is 0 Å². The minimum Gasteiger partial charge on any atom is -0.485 e. The first-order valence-corrected chi connectivity index (χ1v) is 8.38. The number of hydrogen-bond acceptors (Lipinski definition) is 5.